The molecule has 0 saturated carbocycles. The Morgan fingerprint density at radius 3 is 2.37 bits per heavy atom. The molecule has 3 N–H and O–H groups in total. The van der Waals surface area contributed by atoms with Crippen molar-refractivity contribution in [3.8, 4) is 5.75 Å². The van der Waals surface area contributed by atoms with Crippen LogP contribution in [0.4, 0.5) is 23.7 Å². The smallest absolute Gasteiger partial charge is 0.422 e. The Hall–Kier alpha value is -3.23. The number of para-hydroxylation sites is 1. The van der Waals surface area contributed by atoms with Crippen molar-refractivity contribution in [3.63, 3.8) is 0 Å². The third kappa shape index (κ3) is 7.65. The number of urea groups is 1. The summed E-state index contributed by atoms with van der Waals surface area (Å²) in [5, 5.41) is 7.90. The summed E-state index contributed by atoms with van der Waals surface area (Å²) in [4.78, 5) is 24.1. The Bertz CT molecular complexity index is 855. The fourth-order valence-electron chi connectivity index (χ4n) is 2.65. The van der Waals surface area contributed by atoms with Gasteiger partial charge in [-0.25, -0.2) is 4.79 Å². The molecule has 2 aromatic carbocycles. The van der Waals surface area contributed by atoms with E-state index in [4.69, 9.17) is 0 Å². The average Bonchev–Trinajstić information content (AvgIpc) is 2.71. The number of anilines is 1. The third-order valence-corrected chi connectivity index (χ3v) is 4.21. The van der Waals surface area contributed by atoms with E-state index in [1.807, 2.05) is 25.1 Å². The number of rotatable bonds is 8. The van der Waals surface area contributed by atoms with Crippen molar-refractivity contribution in [1.29, 1.82) is 0 Å². The molecule has 6 nitrogen and oxygen atoms in total. The first-order valence-corrected chi connectivity index (χ1v) is 9.39. The maximum Gasteiger partial charge on any atom is 0.422 e. The molecule has 0 heterocycles. The molecule has 3 amide bonds. The second kappa shape index (κ2) is 10.5. The van der Waals surface area contributed by atoms with Gasteiger partial charge in [0.05, 0.1) is 12.6 Å². The van der Waals surface area contributed by atoms with Crippen LogP contribution in [0.1, 0.15) is 31.0 Å². The zero-order valence-electron chi connectivity index (χ0n) is 16.7. The first-order valence-electron chi connectivity index (χ1n) is 9.39. The van der Waals surface area contributed by atoms with Crippen molar-refractivity contribution in [1.82, 2.24) is 10.6 Å². The number of halogens is 3. The molecule has 1 atom stereocenters. The summed E-state index contributed by atoms with van der Waals surface area (Å²) in [6, 6.07) is 12.4. The Labute approximate surface area is 172 Å². The first-order chi connectivity index (χ1) is 14.2. The van der Waals surface area contributed by atoms with E-state index < -0.39 is 24.9 Å². The predicted octanol–water partition coefficient (Wildman–Crippen LogP) is 4.19. The first kappa shape index (κ1) is 23.1. The van der Waals surface area contributed by atoms with Gasteiger partial charge in [0, 0.05) is 5.69 Å². The van der Waals surface area contributed by atoms with Crippen LogP contribution >= 0.6 is 0 Å². The minimum absolute atomic E-state index is 0.0803. The Morgan fingerprint density at radius 2 is 1.73 bits per heavy atom. The van der Waals surface area contributed by atoms with Gasteiger partial charge in [-0.15, -0.1) is 0 Å². The highest BCUT2D eigenvalue weighted by molar-refractivity contribution is 5.94. The van der Waals surface area contributed by atoms with Crippen LogP contribution < -0.4 is 20.7 Å². The number of alkyl halides is 3. The lowest BCUT2D eigenvalue weighted by Crippen LogP contribution is -2.41. The molecule has 0 bridgehead atoms. The van der Waals surface area contributed by atoms with Crippen LogP contribution in [0.15, 0.2) is 48.5 Å². The van der Waals surface area contributed by atoms with Gasteiger partial charge < -0.3 is 20.7 Å². The highest BCUT2D eigenvalue weighted by Crippen LogP contribution is 2.21. The SMILES string of the molecule is CCc1ccccc1NC(=O)CNC(=O)NC(C)c1ccc(OCC(F)(F)F)cc1. The summed E-state index contributed by atoms with van der Waals surface area (Å²) < 4.78 is 41.2. The molecule has 0 radical (unpaired) electrons. The van der Waals surface area contributed by atoms with Gasteiger partial charge >= 0.3 is 12.2 Å². The number of carbonyl (C=O) groups excluding carboxylic acids is 2. The van der Waals surface area contributed by atoms with Crippen LogP contribution in [0.2, 0.25) is 0 Å². The summed E-state index contributed by atoms with van der Waals surface area (Å²) in [5.74, 6) is -0.276. The zero-order valence-corrected chi connectivity index (χ0v) is 16.7. The molecule has 0 aromatic heterocycles. The largest absolute Gasteiger partial charge is 0.484 e. The molecule has 0 aliphatic rings. The van der Waals surface area contributed by atoms with E-state index in [2.05, 4.69) is 20.7 Å². The van der Waals surface area contributed by atoms with Gasteiger partial charge in [0.25, 0.3) is 0 Å². The third-order valence-electron chi connectivity index (χ3n) is 4.21. The van der Waals surface area contributed by atoms with Gasteiger partial charge in [0.2, 0.25) is 5.91 Å². The molecule has 30 heavy (non-hydrogen) atoms. The second-order valence-corrected chi connectivity index (χ2v) is 6.58. The Kier molecular flexibility index (Phi) is 8.08. The van der Waals surface area contributed by atoms with Gasteiger partial charge in [-0.2, -0.15) is 13.2 Å². The van der Waals surface area contributed by atoms with Crippen LogP contribution in [0.5, 0.6) is 5.75 Å². The zero-order chi connectivity index (χ0) is 22.1. The molecular weight excluding hydrogens is 399 g/mol. The highest BCUT2D eigenvalue weighted by atomic mass is 19.4. The lowest BCUT2D eigenvalue weighted by molar-refractivity contribution is -0.153. The number of hydrogen-bond acceptors (Lipinski definition) is 3. The van der Waals surface area contributed by atoms with Gasteiger partial charge in [-0.1, -0.05) is 37.3 Å². The van der Waals surface area contributed by atoms with Crippen LogP contribution in [-0.2, 0) is 11.2 Å². The minimum Gasteiger partial charge on any atom is -0.484 e. The molecule has 0 spiro atoms. The molecule has 2 rings (SSSR count). The molecule has 2 aromatic rings. The number of ether oxygens (including phenoxy) is 1. The molecule has 1 unspecified atom stereocenters. The number of amides is 3. The predicted molar refractivity (Wildman–Crippen MR) is 107 cm³/mol. The van der Waals surface area contributed by atoms with Gasteiger partial charge in [-0.3, -0.25) is 4.79 Å². The van der Waals surface area contributed by atoms with Crippen LogP contribution in [-0.4, -0.2) is 31.3 Å². The summed E-state index contributed by atoms with van der Waals surface area (Å²) in [6.45, 7) is 2.12. The fraction of sp³-hybridized carbons (Fsp3) is 0.333. The van der Waals surface area contributed by atoms with Crippen molar-refractivity contribution >= 4 is 17.6 Å². The van der Waals surface area contributed by atoms with Crippen molar-refractivity contribution in [3.05, 3.63) is 59.7 Å². The normalized spacial score (nSPS) is 12.0. The highest BCUT2D eigenvalue weighted by Gasteiger charge is 2.28. The van der Waals surface area contributed by atoms with Gasteiger partial charge in [0.1, 0.15) is 5.75 Å². The molecule has 0 aliphatic carbocycles. The number of carbonyl (C=O) groups is 2. The lowest BCUT2D eigenvalue weighted by Gasteiger charge is -2.16. The van der Waals surface area contributed by atoms with Crippen molar-refractivity contribution in [2.45, 2.75) is 32.5 Å². The van der Waals surface area contributed by atoms with E-state index >= 15 is 0 Å². The van der Waals surface area contributed by atoms with Crippen molar-refractivity contribution in [2.75, 3.05) is 18.5 Å². The quantitative estimate of drug-likeness (QED) is 0.596. The maximum absolute atomic E-state index is 12.2. The lowest BCUT2D eigenvalue weighted by atomic mass is 10.1. The minimum atomic E-state index is -4.41. The van der Waals surface area contributed by atoms with E-state index in [9.17, 15) is 22.8 Å². The molecule has 0 aliphatic heterocycles. The standard InChI is InChI=1S/C21H24F3N3O3/c1-3-15-6-4-5-7-18(15)27-19(28)12-25-20(29)26-14(2)16-8-10-17(11-9-16)30-13-21(22,23)24/h4-11,14H,3,12-13H2,1-2H3,(H,27,28)(H2,25,26,29). The number of nitrogens with one attached hydrogen (secondary N) is 3. The van der Waals surface area contributed by atoms with Gasteiger partial charge in [0.15, 0.2) is 6.61 Å². The van der Waals surface area contributed by atoms with E-state index in [1.165, 1.54) is 12.1 Å². The molecule has 0 fully saturated rings. The Morgan fingerprint density at radius 1 is 1.07 bits per heavy atom. The summed E-state index contributed by atoms with van der Waals surface area (Å²) >= 11 is 0. The summed E-state index contributed by atoms with van der Waals surface area (Å²) in [7, 11) is 0. The van der Waals surface area contributed by atoms with Crippen LogP contribution in [0, 0.1) is 0 Å². The number of aryl methyl sites for hydroxylation is 1. The van der Waals surface area contributed by atoms with E-state index in [0.29, 0.717) is 11.3 Å². The van der Waals surface area contributed by atoms with E-state index in [0.717, 1.165) is 12.0 Å². The maximum atomic E-state index is 12.2. The van der Waals surface area contributed by atoms with Gasteiger partial charge in [-0.05, 0) is 42.7 Å². The second-order valence-electron chi connectivity index (χ2n) is 6.58. The topological polar surface area (TPSA) is 79.5 Å². The summed E-state index contributed by atoms with van der Waals surface area (Å²) in [6.07, 6.45) is -3.64. The van der Waals surface area contributed by atoms with E-state index in [1.54, 1.807) is 25.1 Å². The fourth-order valence-corrected chi connectivity index (χ4v) is 2.65. The molecule has 162 valence electrons. The van der Waals surface area contributed by atoms with Crippen molar-refractivity contribution in [2.24, 2.45) is 0 Å². The molecule has 0 saturated heterocycles. The number of benzene rings is 2. The van der Waals surface area contributed by atoms with Crippen molar-refractivity contribution < 1.29 is 27.5 Å². The average molecular weight is 423 g/mol. The number of hydrogen-bond donors (Lipinski definition) is 3. The molecular formula is C21H24F3N3O3. The molecule has 9 heteroatoms. The van der Waals surface area contributed by atoms with Crippen LogP contribution in [0.3, 0.4) is 0 Å². The Balaban J connectivity index is 1.79. The summed E-state index contributed by atoms with van der Waals surface area (Å²) in [5.41, 5.74) is 2.37. The van der Waals surface area contributed by atoms with E-state index in [-0.39, 0.29) is 18.2 Å². The monoisotopic (exact) mass is 423 g/mol. The van der Waals surface area contributed by atoms with Crippen LogP contribution in [0.25, 0.3) is 0 Å².